The molecule has 0 saturated carbocycles. The van der Waals surface area contributed by atoms with Crippen LogP contribution >= 0.6 is 0 Å². The summed E-state index contributed by atoms with van der Waals surface area (Å²) in [7, 11) is 1.33. The Kier molecular flexibility index (Phi) is 5.92. The lowest BCUT2D eigenvalue weighted by Gasteiger charge is -2.27. The van der Waals surface area contributed by atoms with E-state index in [9.17, 15) is 22.8 Å². The fraction of sp³-hybridized carbons (Fsp3) is 0.304. The van der Waals surface area contributed by atoms with Gasteiger partial charge in [-0.3, -0.25) is 4.79 Å². The maximum absolute atomic E-state index is 13.0. The molecule has 0 unspecified atom stereocenters. The number of aromatic amines is 1. The van der Waals surface area contributed by atoms with E-state index in [1.54, 1.807) is 41.3 Å². The number of nitrogens with one attached hydrogen (secondary N) is 1. The quantitative estimate of drug-likeness (QED) is 0.596. The number of carbonyl (C=O) groups excluding carboxylic acids is 2. The van der Waals surface area contributed by atoms with Crippen LogP contribution in [0.25, 0.3) is 10.9 Å². The Hall–Kier alpha value is -3.33. The first-order valence-electron chi connectivity index (χ1n) is 9.99. The first-order valence-corrected chi connectivity index (χ1v) is 9.99. The van der Waals surface area contributed by atoms with Crippen LogP contribution in [0.3, 0.4) is 0 Å². The summed E-state index contributed by atoms with van der Waals surface area (Å²) in [5, 5.41) is 0.873. The molecule has 1 amide bonds. The van der Waals surface area contributed by atoms with Crippen molar-refractivity contribution in [2.45, 2.75) is 25.7 Å². The number of esters is 1. The molecule has 2 aromatic carbocycles. The first kappa shape index (κ1) is 21.9. The van der Waals surface area contributed by atoms with Crippen molar-refractivity contribution in [2.24, 2.45) is 0 Å². The van der Waals surface area contributed by atoms with E-state index < -0.39 is 18.8 Å². The number of halogens is 3. The van der Waals surface area contributed by atoms with Gasteiger partial charge in [0.1, 0.15) is 6.61 Å². The summed E-state index contributed by atoms with van der Waals surface area (Å²) in [5.41, 5.74) is 4.32. The van der Waals surface area contributed by atoms with Gasteiger partial charge in [0.15, 0.2) is 0 Å². The number of amides is 1. The highest BCUT2D eigenvalue weighted by atomic mass is 19.4. The highest BCUT2D eigenvalue weighted by molar-refractivity contribution is 5.97. The highest BCUT2D eigenvalue weighted by Crippen LogP contribution is 2.29. The summed E-state index contributed by atoms with van der Waals surface area (Å²) in [6.07, 6.45) is -3.73. The van der Waals surface area contributed by atoms with E-state index in [4.69, 9.17) is 4.74 Å². The molecule has 0 radical (unpaired) electrons. The molecule has 0 fully saturated rings. The molecule has 0 saturated heterocycles. The summed E-state index contributed by atoms with van der Waals surface area (Å²) < 4.78 is 46.0. The van der Waals surface area contributed by atoms with Gasteiger partial charge >= 0.3 is 12.1 Å². The van der Waals surface area contributed by atoms with Crippen molar-refractivity contribution < 1.29 is 32.2 Å². The van der Waals surface area contributed by atoms with Gasteiger partial charge in [-0.1, -0.05) is 12.1 Å². The van der Waals surface area contributed by atoms with Crippen molar-refractivity contribution in [1.29, 1.82) is 0 Å². The number of H-pyrrole nitrogens is 1. The van der Waals surface area contributed by atoms with Crippen LogP contribution in [0.1, 0.15) is 37.5 Å². The Balaban J connectivity index is 1.48. The maximum atomic E-state index is 13.0. The van der Waals surface area contributed by atoms with E-state index in [1.807, 2.05) is 6.07 Å². The van der Waals surface area contributed by atoms with Crippen LogP contribution in [0.4, 0.5) is 13.2 Å². The third kappa shape index (κ3) is 4.62. The van der Waals surface area contributed by atoms with Crippen LogP contribution in [0, 0.1) is 0 Å². The number of aromatic nitrogens is 1. The van der Waals surface area contributed by atoms with Crippen molar-refractivity contribution in [3.63, 3.8) is 0 Å². The molecule has 168 valence electrons. The molecule has 3 aromatic rings. The van der Waals surface area contributed by atoms with Gasteiger partial charge in [-0.15, -0.1) is 0 Å². The molecule has 1 N–H and O–H groups in total. The Morgan fingerprint density at radius 2 is 1.81 bits per heavy atom. The Bertz CT molecular complexity index is 1150. The Morgan fingerprint density at radius 1 is 1.09 bits per heavy atom. The predicted molar refractivity (Wildman–Crippen MR) is 110 cm³/mol. The molecule has 2 heterocycles. The highest BCUT2D eigenvalue weighted by Gasteiger charge is 2.28. The first-order chi connectivity index (χ1) is 15.2. The Labute approximate surface area is 181 Å². The van der Waals surface area contributed by atoms with Gasteiger partial charge in [-0.05, 0) is 35.9 Å². The minimum absolute atomic E-state index is 0.170. The maximum Gasteiger partial charge on any atom is 0.411 e. The second kappa shape index (κ2) is 8.66. The zero-order valence-electron chi connectivity index (χ0n) is 17.3. The third-order valence-corrected chi connectivity index (χ3v) is 5.42. The van der Waals surface area contributed by atoms with Crippen LogP contribution in [0.15, 0.2) is 42.5 Å². The number of carbonyl (C=O) groups is 2. The molecule has 6 nitrogen and oxygen atoms in total. The van der Waals surface area contributed by atoms with Crippen LogP contribution < -0.4 is 0 Å². The number of benzene rings is 2. The molecule has 9 heteroatoms. The second-order valence-electron chi connectivity index (χ2n) is 7.62. The lowest BCUT2D eigenvalue weighted by molar-refractivity contribution is -0.176. The van der Waals surface area contributed by atoms with Gasteiger partial charge in [0.2, 0.25) is 0 Å². The van der Waals surface area contributed by atoms with Crippen molar-refractivity contribution >= 4 is 22.8 Å². The standard InChI is InChI=1S/C23H21F3N2O4/c1-31-22(30)16-6-7-19-17(10-16)18-11-28(9-8-20(18)27-19)21(29)15-4-2-14(3-5-15)12-32-13-23(24,25)26/h2-7,10,27H,8-9,11-13H2,1H3. The topological polar surface area (TPSA) is 71.6 Å². The number of alkyl halides is 3. The van der Waals surface area contributed by atoms with Gasteiger partial charge < -0.3 is 19.4 Å². The van der Waals surface area contributed by atoms with Crippen molar-refractivity contribution in [2.75, 3.05) is 20.3 Å². The molecule has 32 heavy (non-hydrogen) atoms. The number of hydrogen-bond acceptors (Lipinski definition) is 4. The van der Waals surface area contributed by atoms with Crippen molar-refractivity contribution in [3.8, 4) is 0 Å². The van der Waals surface area contributed by atoms with Crippen LogP contribution in [-0.2, 0) is 29.0 Å². The lowest BCUT2D eigenvalue weighted by atomic mass is 10.0. The summed E-state index contributed by atoms with van der Waals surface area (Å²) in [6.45, 7) is -0.584. The molecule has 1 aliphatic rings. The van der Waals surface area contributed by atoms with Crippen molar-refractivity contribution in [1.82, 2.24) is 9.88 Å². The van der Waals surface area contributed by atoms with E-state index in [1.165, 1.54) is 7.11 Å². The Morgan fingerprint density at radius 3 is 2.50 bits per heavy atom. The summed E-state index contributed by atoms with van der Waals surface area (Å²) >= 11 is 0. The number of ether oxygens (including phenoxy) is 2. The van der Waals surface area contributed by atoms with E-state index in [0.717, 1.165) is 22.2 Å². The minimum atomic E-state index is -4.37. The zero-order valence-corrected chi connectivity index (χ0v) is 17.3. The third-order valence-electron chi connectivity index (χ3n) is 5.42. The van der Waals surface area contributed by atoms with Crippen LogP contribution in [0.2, 0.25) is 0 Å². The summed E-state index contributed by atoms with van der Waals surface area (Å²) in [5.74, 6) is -0.596. The molecule has 1 aromatic heterocycles. The fourth-order valence-electron chi connectivity index (χ4n) is 3.84. The van der Waals surface area contributed by atoms with Gasteiger partial charge in [-0.2, -0.15) is 13.2 Å². The molecular weight excluding hydrogens is 425 g/mol. The SMILES string of the molecule is COC(=O)c1ccc2[nH]c3c(c2c1)CN(C(=O)c1ccc(COCC(F)(F)F)cc1)CC3. The smallest absolute Gasteiger partial charge is 0.411 e. The second-order valence-corrected chi connectivity index (χ2v) is 7.62. The zero-order chi connectivity index (χ0) is 22.9. The van der Waals surface area contributed by atoms with Gasteiger partial charge in [-0.25, -0.2) is 4.79 Å². The number of rotatable bonds is 5. The average Bonchev–Trinajstić information content (AvgIpc) is 3.14. The normalized spacial score (nSPS) is 13.8. The number of fused-ring (bicyclic) bond motifs is 3. The monoisotopic (exact) mass is 446 g/mol. The molecular formula is C23H21F3N2O4. The van der Waals surface area contributed by atoms with E-state index in [-0.39, 0.29) is 12.5 Å². The van der Waals surface area contributed by atoms with E-state index >= 15 is 0 Å². The molecule has 0 spiro atoms. The van der Waals surface area contributed by atoms with Gasteiger partial charge in [0, 0.05) is 47.2 Å². The fourth-order valence-corrected chi connectivity index (χ4v) is 3.84. The van der Waals surface area contributed by atoms with E-state index in [0.29, 0.717) is 36.2 Å². The molecule has 1 aliphatic heterocycles. The molecule has 0 atom stereocenters. The van der Waals surface area contributed by atoms with Crippen molar-refractivity contribution in [3.05, 3.63) is 70.4 Å². The molecule has 0 aliphatic carbocycles. The van der Waals surface area contributed by atoms with Crippen LogP contribution in [0.5, 0.6) is 0 Å². The number of hydrogen-bond donors (Lipinski definition) is 1. The molecule has 0 bridgehead atoms. The molecule has 4 rings (SSSR count). The number of methoxy groups -OCH3 is 1. The minimum Gasteiger partial charge on any atom is -0.465 e. The predicted octanol–water partition coefficient (Wildman–Crippen LogP) is 4.23. The summed E-state index contributed by atoms with van der Waals surface area (Å²) in [6, 6.07) is 11.6. The van der Waals surface area contributed by atoms with Crippen LogP contribution in [-0.4, -0.2) is 48.2 Å². The van der Waals surface area contributed by atoms with E-state index in [2.05, 4.69) is 9.72 Å². The lowest BCUT2D eigenvalue weighted by Crippen LogP contribution is -2.35. The van der Waals surface area contributed by atoms with Gasteiger partial charge in [0.05, 0.1) is 19.3 Å². The number of nitrogens with zero attached hydrogens (tertiary/aromatic N) is 1. The average molecular weight is 446 g/mol. The largest absolute Gasteiger partial charge is 0.465 e. The van der Waals surface area contributed by atoms with Gasteiger partial charge in [0.25, 0.3) is 5.91 Å². The summed E-state index contributed by atoms with van der Waals surface area (Å²) in [4.78, 5) is 30.0.